The van der Waals surface area contributed by atoms with Gasteiger partial charge in [-0.15, -0.1) is 11.8 Å². The molecule has 0 bridgehead atoms. The molecule has 0 radical (unpaired) electrons. The number of allylic oxidation sites excluding steroid dienone is 2. The third-order valence-electron chi connectivity index (χ3n) is 4.59. The average molecular weight is 345 g/mol. The van der Waals surface area contributed by atoms with Crippen molar-refractivity contribution in [2.45, 2.75) is 58.4 Å². The van der Waals surface area contributed by atoms with Crippen LogP contribution in [0.25, 0.3) is 0 Å². The Morgan fingerprint density at radius 2 is 2.04 bits per heavy atom. The smallest absolute Gasteiger partial charge is 0.0649 e. The molecule has 2 nitrogen and oxygen atoms in total. The third-order valence-corrected chi connectivity index (χ3v) is 5.68. The molecular weight excluding hydrogens is 312 g/mol. The van der Waals surface area contributed by atoms with Crippen LogP contribution in [0.2, 0.25) is 0 Å². The molecule has 1 aliphatic carbocycles. The van der Waals surface area contributed by atoms with Gasteiger partial charge in [-0.3, -0.25) is 0 Å². The molecule has 0 spiro atoms. The van der Waals surface area contributed by atoms with Gasteiger partial charge >= 0.3 is 0 Å². The number of hydrogen-bond donors (Lipinski definition) is 2. The van der Waals surface area contributed by atoms with Crippen LogP contribution in [0.5, 0.6) is 0 Å². The lowest BCUT2D eigenvalue weighted by molar-refractivity contribution is 0.391. The largest absolute Gasteiger partial charge is 0.354 e. The zero-order valence-electron chi connectivity index (χ0n) is 15.0. The molecule has 1 aromatic rings. The highest BCUT2D eigenvalue weighted by atomic mass is 32.2. The van der Waals surface area contributed by atoms with E-state index in [2.05, 4.69) is 49.2 Å². The van der Waals surface area contributed by atoms with E-state index in [1.54, 1.807) is 0 Å². The third kappa shape index (κ3) is 6.74. The Bertz CT molecular complexity index is 545. The molecule has 3 N–H and O–H groups in total. The van der Waals surface area contributed by atoms with E-state index in [0.29, 0.717) is 6.54 Å². The molecule has 0 saturated heterocycles. The van der Waals surface area contributed by atoms with E-state index in [1.165, 1.54) is 54.7 Å². The monoisotopic (exact) mass is 344 g/mol. The van der Waals surface area contributed by atoms with Crippen LogP contribution in [-0.2, 0) is 13.0 Å². The highest BCUT2D eigenvalue weighted by Crippen LogP contribution is 2.28. The van der Waals surface area contributed by atoms with Crippen LogP contribution in [0.15, 0.2) is 47.6 Å². The van der Waals surface area contributed by atoms with Crippen molar-refractivity contribution in [2.75, 3.05) is 5.75 Å². The Hall–Kier alpha value is -1.19. The number of nitrogens with one attached hydrogen (secondary N) is 1. The molecule has 0 heterocycles. The van der Waals surface area contributed by atoms with Crippen LogP contribution in [-0.4, -0.2) is 5.75 Å². The van der Waals surface area contributed by atoms with E-state index in [1.807, 2.05) is 11.8 Å². The van der Waals surface area contributed by atoms with E-state index in [-0.39, 0.29) is 0 Å². The summed E-state index contributed by atoms with van der Waals surface area (Å²) in [5.41, 5.74) is 9.48. The summed E-state index contributed by atoms with van der Waals surface area (Å²) in [5, 5.41) is 4.62. The van der Waals surface area contributed by atoms with Gasteiger partial charge in [-0.05, 0) is 36.3 Å². The molecule has 0 atom stereocenters. The van der Waals surface area contributed by atoms with Crippen molar-refractivity contribution < 1.29 is 0 Å². The van der Waals surface area contributed by atoms with Gasteiger partial charge in [-0.1, -0.05) is 63.1 Å². The lowest BCUT2D eigenvalue weighted by Gasteiger charge is -2.22. The minimum Gasteiger partial charge on any atom is -0.354 e. The fourth-order valence-electron chi connectivity index (χ4n) is 3.29. The maximum absolute atomic E-state index is 5.75. The molecule has 0 amide bonds. The van der Waals surface area contributed by atoms with Crippen LogP contribution in [0, 0.1) is 5.92 Å². The van der Waals surface area contributed by atoms with Gasteiger partial charge in [0, 0.05) is 24.4 Å². The number of hydrogen-bond acceptors (Lipinski definition) is 3. The van der Waals surface area contributed by atoms with Crippen molar-refractivity contribution in [1.29, 1.82) is 0 Å². The molecule has 0 unspecified atom stereocenters. The molecule has 3 heteroatoms. The minimum atomic E-state index is 0.595. The Balaban J connectivity index is 1.85. The first-order valence-corrected chi connectivity index (χ1v) is 10.3. The van der Waals surface area contributed by atoms with Crippen LogP contribution < -0.4 is 11.1 Å². The normalized spacial score (nSPS) is 16.2. The second kappa shape index (κ2) is 10.6. The van der Waals surface area contributed by atoms with Gasteiger partial charge < -0.3 is 11.1 Å². The molecular formula is C21H32N2S. The first-order valence-electron chi connectivity index (χ1n) is 9.27. The van der Waals surface area contributed by atoms with E-state index < -0.39 is 0 Å². The van der Waals surface area contributed by atoms with Gasteiger partial charge in [-0.2, -0.15) is 0 Å². The quantitative estimate of drug-likeness (QED) is 0.633. The summed E-state index contributed by atoms with van der Waals surface area (Å²) >= 11 is 1.89. The molecule has 1 fully saturated rings. The second-order valence-electron chi connectivity index (χ2n) is 6.70. The molecule has 1 aliphatic rings. The highest BCUT2D eigenvalue weighted by molar-refractivity contribution is 8.03. The molecule has 2 rings (SSSR count). The van der Waals surface area contributed by atoms with Gasteiger partial charge in [0.2, 0.25) is 0 Å². The van der Waals surface area contributed by atoms with E-state index in [0.717, 1.165) is 23.8 Å². The Labute approximate surface area is 152 Å². The van der Waals surface area contributed by atoms with Gasteiger partial charge in [0.15, 0.2) is 0 Å². The predicted octanol–water partition coefficient (Wildman–Crippen LogP) is 5.36. The number of rotatable bonds is 9. The Morgan fingerprint density at radius 3 is 2.75 bits per heavy atom. The molecule has 24 heavy (non-hydrogen) atoms. The topological polar surface area (TPSA) is 38.0 Å². The molecule has 1 saturated carbocycles. The molecule has 132 valence electrons. The maximum Gasteiger partial charge on any atom is 0.0649 e. The zero-order chi connectivity index (χ0) is 17.2. The first-order chi connectivity index (χ1) is 11.7. The standard InChI is InChI=1S/C21H32N2S/c1-3-8-21(14-19-11-7-12-20(13-19)15-22)23-17(2)24-16-18-9-5-4-6-10-18/h7-8,11-13,18,23H,2-6,9-10,14-16,22H2,1H3/b21-8-. The van der Waals surface area contributed by atoms with Crippen molar-refractivity contribution in [2.24, 2.45) is 11.7 Å². The van der Waals surface area contributed by atoms with Gasteiger partial charge in [0.05, 0.1) is 5.03 Å². The maximum atomic E-state index is 5.75. The summed E-state index contributed by atoms with van der Waals surface area (Å²) in [6.45, 7) is 7.00. The lowest BCUT2D eigenvalue weighted by Crippen LogP contribution is -2.15. The van der Waals surface area contributed by atoms with Gasteiger partial charge in [0.1, 0.15) is 0 Å². The van der Waals surface area contributed by atoms with Crippen molar-refractivity contribution in [3.63, 3.8) is 0 Å². The van der Waals surface area contributed by atoms with Gasteiger partial charge in [0.25, 0.3) is 0 Å². The first kappa shape index (κ1) is 19.1. The van der Waals surface area contributed by atoms with E-state index >= 15 is 0 Å². The van der Waals surface area contributed by atoms with Crippen molar-refractivity contribution >= 4 is 11.8 Å². The van der Waals surface area contributed by atoms with Crippen molar-refractivity contribution in [3.05, 3.63) is 58.8 Å². The zero-order valence-corrected chi connectivity index (χ0v) is 15.8. The summed E-state index contributed by atoms with van der Waals surface area (Å²) < 4.78 is 0. The molecule has 0 aliphatic heterocycles. The predicted molar refractivity (Wildman–Crippen MR) is 108 cm³/mol. The van der Waals surface area contributed by atoms with Crippen LogP contribution >= 0.6 is 11.8 Å². The fraction of sp³-hybridized carbons (Fsp3) is 0.524. The van der Waals surface area contributed by atoms with E-state index in [4.69, 9.17) is 5.73 Å². The summed E-state index contributed by atoms with van der Waals surface area (Å²) in [7, 11) is 0. The minimum absolute atomic E-state index is 0.595. The second-order valence-corrected chi connectivity index (χ2v) is 7.82. The number of benzene rings is 1. The Morgan fingerprint density at radius 1 is 1.29 bits per heavy atom. The molecule has 0 aromatic heterocycles. The van der Waals surface area contributed by atoms with Crippen molar-refractivity contribution in [1.82, 2.24) is 5.32 Å². The van der Waals surface area contributed by atoms with Crippen molar-refractivity contribution in [3.8, 4) is 0 Å². The lowest BCUT2D eigenvalue weighted by atomic mass is 9.91. The number of nitrogens with two attached hydrogens (primary N) is 1. The molecule has 1 aromatic carbocycles. The Kier molecular flexibility index (Phi) is 8.48. The van der Waals surface area contributed by atoms with Crippen LogP contribution in [0.3, 0.4) is 0 Å². The van der Waals surface area contributed by atoms with Crippen LogP contribution in [0.1, 0.15) is 56.6 Å². The van der Waals surface area contributed by atoms with E-state index in [9.17, 15) is 0 Å². The summed E-state index contributed by atoms with van der Waals surface area (Å²) in [5.74, 6) is 2.08. The van der Waals surface area contributed by atoms with Gasteiger partial charge in [-0.25, -0.2) is 0 Å². The summed E-state index contributed by atoms with van der Waals surface area (Å²) in [6, 6.07) is 8.54. The summed E-state index contributed by atoms with van der Waals surface area (Å²) in [6.07, 6.45) is 11.2. The highest BCUT2D eigenvalue weighted by Gasteiger charge is 2.14. The number of thioether (sulfide) groups is 1. The van der Waals surface area contributed by atoms with Crippen LogP contribution in [0.4, 0.5) is 0 Å². The fourth-order valence-corrected chi connectivity index (χ4v) is 4.26. The average Bonchev–Trinajstić information content (AvgIpc) is 2.61. The SMILES string of the molecule is C=C(N/C(=C\CC)Cc1cccc(CN)c1)SCC1CCCCC1. The summed E-state index contributed by atoms with van der Waals surface area (Å²) in [4.78, 5) is 0.